The van der Waals surface area contributed by atoms with Crippen LogP contribution in [-0.2, 0) is 9.53 Å². The second kappa shape index (κ2) is 7.96. The lowest BCUT2D eigenvalue weighted by molar-refractivity contribution is -0.147. The number of esters is 1. The van der Waals surface area contributed by atoms with Crippen molar-refractivity contribution in [3.8, 4) is 0 Å². The first-order valence-corrected chi connectivity index (χ1v) is 6.44. The molecule has 6 nitrogen and oxygen atoms in total. The van der Waals surface area contributed by atoms with Gasteiger partial charge in [0.15, 0.2) is 0 Å². The van der Waals surface area contributed by atoms with Crippen LogP contribution in [0.2, 0.25) is 0 Å². The molecule has 112 valence electrons. The minimum Gasteiger partial charge on any atom is -0.465 e. The smallest absolute Gasteiger partial charge is 0.327 e. The molecule has 1 unspecified atom stereocenters. The summed E-state index contributed by atoms with van der Waals surface area (Å²) in [4.78, 5) is 12.0. The molecular weight excluding hydrogens is 262 g/mol. The fourth-order valence-electron chi connectivity index (χ4n) is 1.74. The molecule has 0 aliphatic heterocycles. The summed E-state index contributed by atoms with van der Waals surface area (Å²) in [5, 5.41) is 30.8. The molecule has 0 heterocycles. The number of hydrogen-bond donors (Lipinski definition) is 4. The predicted molar refractivity (Wildman–Crippen MR) is 72.9 cm³/mol. The van der Waals surface area contributed by atoms with E-state index in [2.05, 4.69) is 5.32 Å². The van der Waals surface area contributed by atoms with E-state index in [9.17, 15) is 20.1 Å². The highest BCUT2D eigenvalue weighted by atomic mass is 16.5. The Hall–Kier alpha value is -1.47. The molecule has 0 saturated carbocycles. The van der Waals surface area contributed by atoms with Crippen LogP contribution in [0.15, 0.2) is 30.3 Å². The van der Waals surface area contributed by atoms with E-state index in [0.29, 0.717) is 5.56 Å². The lowest BCUT2D eigenvalue weighted by Gasteiger charge is -2.32. The quantitative estimate of drug-likeness (QED) is 0.484. The molecule has 0 bridgehead atoms. The third kappa shape index (κ3) is 4.01. The van der Waals surface area contributed by atoms with Crippen molar-refractivity contribution >= 4 is 5.97 Å². The molecule has 0 radical (unpaired) electrons. The number of aliphatic hydroxyl groups is 3. The van der Waals surface area contributed by atoms with Crippen molar-refractivity contribution in [2.75, 3.05) is 26.4 Å². The molecule has 0 saturated heterocycles. The summed E-state index contributed by atoms with van der Waals surface area (Å²) in [6.07, 6.45) is 0. The first-order valence-electron chi connectivity index (χ1n) is 6.44. The fraction of sp³-hybridized carbons (Fsp3) is 0.500. The maximum atomic E-state index is 12.0. The third-order valence-electron chi connectivity index (χ3n) is 3.01. The molecule has 0 aromatic heterocycles. The van der Waals surface area contributed by atoms with Gasteiger partial charge in [0.2, 0.25) is 0 Å². The van der Waals surface area contributed by atoms with Gasteiger partial charge in [-0.25, -0.2) is 4.79 Å². The van der Waals surface area contributed by atoms with Gasteiger partial charge in [0.25, 0.3) is 0 Å². The van der Waals surface area contributed by atoms with Crippen LogP contribution >= 0.6 is 0 Å². The Morgan fingerprint density at radius 3 is 2.20 bits per heavy atom. The molecular formula is C14H21NO5. The van der Waals surface area contributed by atoms with Crippen LogP contribution in [0, 0.1) is 0 Å². The van der Waals surface area contributed by atoms with Crippen LogP contribution in [-0.4, -0.2) is 53.3 Å². The zero-order valence-corrected chi connectivity index (χ0v) is 11.5. The molecule has 0 amide bonds. The SMILES string of the molecule is CCOC(=O)C(NC(CO)(CO)CO)c1ccccc1. The molecule has 1 aromatic rings. The first kappa shape index (κ1) is 16.6. The maximum Gasteiger partial charge on any atom is 0.327 e. The Labute approximate surface area is 118 Å². The molecule has 0 fully saturated rings. The summed E-state index contributed by atoms with van der Waals surface area (Å²) in [5.74, 6) is -0.529. The van der Waals surface area contributed by atoms with Gasteiger partial charge in [-0.15, -0.1) is 0 Å². The maximum absolute atomic E-state index is 12.0. The van der Waals surface area contributed by atoms with Gasteiger partial charge in [-0.05, 0) is 12.5 Å². The van der Waals surface area contributed by atoms with Gasteiger partial charge in [0.05, 0.1) is 32.0 Å². The van der Waals surface area contributed by atoms with Gasteiger partial charge < -0.3 is 20.1 Å². The number of hydrogen-bond acceptors (Lipinski definition) is 6. The average Bonchev–Trinajstić information content (AvgIpc) is 2.50. The summed E-state index contributed by atoms with van der Waals surface area (Å²) in [5.41, 5.74) is -0.724. The summed E-state index contributed by atoms with van der Waals surface area (Å²) in [6.45, 7) is 0.375. The van der Waals surface area contributed by atoms with Crippen molar-refractivity contribution in [1.82, 2.24) is 5.32 Å². The number of ether oxygens (including phenoxy) is 1. The monoisotopic (exact) mass is 283 g/mol. The van der Waals surface area contributed by atoms with Crippen LogP contribution in [0.1, 0.15) is 18.5 Å². The van der Waals surface area contributed by atoms with E-state index in [1.165, 1.54) is 0 Å². The number of nitrogens with one attached hydrogen (secondary N) is 1. The Kier molecular flexibility index (Phi) is 6.60. The van der Waals surface area contributed by atoms with Crippen molar-refractivity contribution in [3.63, 3.8) is 0 Å². The van der Waals surface area contributed by atoms with Crippen LogP contribution in [0.25, 0.3) is 0 Å². The summed E-state index contributed by atoms with van der Waals surface area (Å²) >= 11 is 0. The highest BCUT2D eigenvalue weighted by Gasteiger charge is 2.34. The second-order valence-electron chi connectivity index (χ2n) is 4.49. The van der Waals surface area contributed by atoms with Crippen molar-refractivity contribution in [2.24, 2.45) is 0 Å². The normalized spacial score (nSPS) is 13.0. The lowest BCUT2D eigenvalue weighted by Crippen LogP contribution is -2.57. The molecule has 1 rings (SSSR count). The third-order valence-corrected chi connectivity index (χ3v) is 3.01. The zero-order valence-electron chi connectivity index (χ0n) is 11.5. The summed E-state index contributed by atoms with van der Waals surface area (Å²) in [6, 6.07) is 7.92. The molecule has 0 aliphatic carbocycles. The number of carbonyl (C=O) groups is 1. The predicted octanol–water partition coefficient (Wildman–Crippen LogP) is -0.404. The van der Waals surface area contributed by atoms with E-state index < -0.39 is 37.4 Å². The number of rotatable bonds is 8. The summed E-state index contributed by atoms with van der Waals surface area (Å²) < 4.78 is 4.99. The molecule has 0 spiro atoms. The average molecular weight is 283 g/mol. The fourth-order valence-corrected chi connectivity index (χ4v) is 1.74. The molecule has 0 aliphatic rings. The molecule has 1 aromatic carbocycles. The Morgan fingerprint density at radius 1 is 1.20 bits per heavy atom. The van der Waals surface area contributed by atoms with Crippen LogP contribution in [0.4, 0.5) is 0 Å². The van der Waals surface area contributed by atoms with E-state index in [1.54, 1.807) is 31.2 Å². The van der Waals surface area contributed by atoms with Crippen LogP contribution in [0.5, 0.6) is 0 Å². The Balaban J connectivity index is 3.02. The molecule has 1 atom stereocenters. The van der Waals surface area contributed by atoms with Gasteiger partial charge in [-0.3, -0.25) is 5.32 Å². The highest BCUT2D eigenvalue weighted by Crippen LogP contribution is 2.18. The zero-order chi connectivity index (χ0) is 15.0. The van der Waals surface area contributed by atoms with E-state index >= 15 is 0 Å². The molecule has 6 heteroatoms. The van der Waals surface area contributed by atoms with E-state index in [-0.39, 0.29) is 6.61 Å². The highest BCUT2D eigenvalue weighted by molar-refractivity contribution is 5.77. The van der Waals surface area contributed by atoms with Crippen molar-refractivity contribution in [2.45, 2.75) is 18.5 Å². The first-order chi connectivity index (χ1) is 9.62. The van der Waals surface area contributed by atoms with Gasteiger partial charge in [-0.2, -0.15) is 0 Å². The van der Waals surface area contributed by atoms with E-state index in [1.807, 2.05) is 6.07 Å². The minimum atomic E-state index is -1.35. The Morgan fingerprint density at radius 2 is 1.75 bits per heavy atom. The lowest BCUT2D eigenvalue weighted by atomic mass is 9.98. The van der Waals surface area contributed by atoms with Crippen molar-refractivity contribution in [1.29, 1.82) is 0 Å². The standard InChI is InChI=1S/C14H21NO5/c1-2-20-13(19)12(11-6-4-3-5-7-11)15-14(8-16,9-17)10-18/h3-7,12,15-18H,2,8-10H2,1H3. The largest absolute Gasteiger partial charge is 0.465 e. The number of benzene rings is 1. The minimum absolute atomic E-state index is 0.216. The van der Waals surface area contributed by atoms with Gasteiger partial charge >= 0.3 is 5.97 Å². The Bertz CT molecular complexity index is 397. The van der Waals surface area contributed by atoms with Crippen LogP contribution < -0.4 is 5.32 Å². The molecule has 20 heavy (non-hydrogen) atoms. The van der Waals surface area contributed by atoms with Gasteiger partial charge in [0, 0.05) is 0 Å². The topological polar surface area (TPSA) is 99.0 Å². The van der Waals surface area contributed by atoms with Crippen LogP contribution in [0.3, 0.4) is 0 Å². The van der Waals surface area contributed by atoms with E-state index in [0.717, 1.165) is 0 Å². The number of carbonyl (C=O) groups excluding carboxylic acids is 1. The van der Waals surface area contributed by atoms with E-state index in [4.69, 9.17) is 4.74 Å². The number of aliphatic hydroxyl groups excluding tert-OH is 3. The van der Waals surface area contributed by atoms with Crippen molar-refractivity contribution < 1.29 is 24.9 Å². The molecule has 4 N–H and O–H groups in total. The second-order valence-corrected chi connectivity index (χ2v) is 4.49. The van der Waals surface area contributed by atoms with Crippen molar-refractivity contribution in [3.05, 3.63) is 35.9 Å². The van der Waals surface area contributed by atoms with Gasteiger partial charge in [-0.1, -0.05) is 30.3 Å². The summed E-state index contributed by atoms with van der Waals surface area (Å²) in [7, 11) is 0. The van der Waals surface area contributed by atoms with Gasteiger partial charge in [0.1, 0.15) is 6.04 Å².